The van der Waals surface area contributed by atoms with Crippen LogP contribution < -0.4 is 0 Å². The van der Waals surface area contributed by atoms with Crippen molar-refractivity contribution >= 4 is 27.6 Å². The fourth-order valence-electron chi connectivity index (χ4n) is 1.89. The Kier molecular flexibility index (Phi) is 3.94. The van der Waals surface area contributed by atoms with Crippen LogP contribution in [0.5, 0.6) is 0 Å². The lowest BCUT2D eigenvalue weighted by Crippen LogP contribution is -2.39. The minimum absolute atomic E-state index is 0.111. The Balaban J connectivity index is 1.92. The highest BCUT2D eigenvalue weighted by Crippen LogP contribution is 2.13. The van der Waals surface area contributed by atoms with E-state index in [1.165, 1.54) is 0 Å². The maximum atomic E-state index is 12.0. The number of amides is 1. The van der Waals surface area contributed by atoms with E-state index in [1.54, 1.807) is 4.90 Å². The van der Waals surface area contributed by atoms with E-state index in [-0.39, 0.29) is 11.7 Å². The number of piperidine rings is 1. The number of Topliss-reactive ketones (excluding diaryl/α,β-unsaturated/α-hetero) is 1. The summed E-state index contributed by atoms with van der Waals surface area (Å²) >= 11 is 3.36. The first-order valence-electron chi connectivity index (χ1n) is 5.69. The van der Waals surface area contributed by atoms with Gasteiger partial charge in [-0.25, -0.2) is 0 Å². The number of hydrogen-bond donors (Lipinski definition) is 0. The molecule has 1 aliphatic rings. The van der Waals surface area contributed by atoms with Gasteiger partial charge in [0.1, 0.15) is 5.78 Å². The molecule has 1 amide bonds. The molecule has 17 heavy (non-hydrogen) atoms. The molecule has 2 rings (SSSR count). The summed E-state index contributed by atoms with van der Waals surface area (Å²) in [5.74, 6) is 0.373. The van der Waals surface area contributed by atoms with E-state index in [0.717, 1.165) is 10.0 Å². The quantitative estimate of drug-likeness (QED) is 0.839. The molecular formula is C13H14BrNO2. The van der Waals surface area contributed by atoms with Gasteiger partial charge in [0.2, 0.25) is 5.91 Å². The van der Waals surface area contributed by atoms with Crippen molar-refractivity contribution in [1.82, 2.24) is 4.90 Å². The molecule has 0 radical (unpaired) electrons. The number of carbonyl (C=O) groups is 2. The number of rotatable bonds is 2. The van der Waals surface area contributed by atoms with Crippen molar-refractivity contribution < 1.29 is 9.59 Å². The molecule has 0 atom stereocenters. The number of hydrogen-bond acceptors (Lipinski definition) is 2. The predicted molar refractivity (Wildman–Crippen MR) is 68.7 cm³/mol. The van der Waals surface area contributed by atoms with Crippen LogP contribution in [0.2, 0.25) is 0 Å². The fourth-order valence-corrected chi connectivity index (χ4v) is 2.16. The lowest BCUT2D eigenvalue weighted by molar-refractivity contribution is -0.133. The van der Waals surface area contributed by atoms with Gasteiger partial charge in [0.25, 0.3) is 0 Å². The number of carbonyl (C=O) groups excluding carboxylic acids is 2. The van der Waals surface area contributed by atoms with Crippen LogP contribution >= 0.6 is 15.9 Å². The number of halogens is 1. The maximum absolute atomic E-state index is 12.0. The van der Waals surface area contributed by atoms with Crippen LogP contribution in [0.1, 0.15) is 18.4 Å². The van der Waals surface area contributed by atoms with E-state index in [2.05, 4.69) is 15.9 Å². The molecule has 0 aromatic heterocycles. The van der Waals surface area contributed by atoms with E-state index < -0.39 is 0 Å². The molecular weight excluding hydrogens is 282 g/mol. The van der Waals surface area contributed by atoms with Crippen LogP contribution in [0.4, 0.5) is 0 Å². The highest BCUT2D eigenvalue weighted by Gasteiger charge is 2.20. The SMILES string of the molecule is O=C1CCN(C(=O)Cc2ccc(Br)cc2)CC1. The van der Waals surface area contributed by atoms with Crippen molar-refractivity contribution in [2.45, 2.75) is 19.3 Å². The van der Waals surface area contributed by atoms with Gasteiger partial charge in [0, 0.05) is 30.4 Å². The summed E-state index contributed by atoms with van der Waals surface area (Å²) in [6.45, 7) is 1.16. The Morgan fingerprint density at radius 1 is 1.18 bits per heavy atom. The predicted octanol–water partition coefficient (Wildman–Crippen LogP) is 2.18. The lowest BCUT2D eigenvalue weighted by atomic mass is 10.1. The fraction of sp³-hybridized carbons (Fsp3) is 0.385. The van der Waals surface area contributed by atoms with E-state index in [9.17, 15) is 9.59 Å². The lowest BCUT2D eigenvalue weighted by Gasteiger charge is -2.26. The summed E-state index contributed by atoms with van der Waals surface area (Å²) < 4.78 is 1.01. The van der Waals surface area contributed by atoms with Crippen LogP contribution in [-0.2, 0) is 16.0 Å². The zero-order valence-corrected chi connectivity index (χ0v) is 11.1. The molecule has 0 aliphatic carbocycles. The zero-order chi connectivity index (χ0) is 12.3. The van der Waals surface area contributed by atoms with Gasteiger partial charge in [-0.3, -0.25) is 9.59 Å². The highest BCUT2D eigenvalue weighted by molar-refractivity contribution is 9.10. The first-order chi connectivity index (χ1) is 8.15. The standard InChI is InChI=1S/C13H14BrNO2/c14-11-3-1-10(2-4-11)9-13(17)15-7-5-12(16)6-8-15/h1-4H,5-9H2. The maximum Gasteiger partial charge on any atom is 0.227 e. The summed E-state index contributed by atoms with van der Waals surface area (Å²) in [4.78, 5) is 24.8. The number of ketones is 1. The second-order valence-electron chi connectivity index (χ2n) is 4.22. The van der Waals surface area contributed by atoms with E-state index in [4.69, 9.17) is 0 Å². The van der Waals surface area contributed by atoms with Gasteiger partial charge in [-0.05, 0) is 17.7 Å². The Hall–Kier alpha value is -1.16. The van der Waals surface area contributed by atoms with Gasteiger partial charge < -0.3 is 4.90 Å². The summed E-state index contributed by atoms with van der Waals surface area (Å²) in [7, 11) is 0. The minimum Gasteiger partial charge on any atom is -0.342 e. The normalized spacial score (nSPS) is 16.1. The van der Waals surface area contributed by atoms with Gasteiger partial charge in [0.15, 0.2) is 0 Å². The summed E-state index contributed by atoms with van der Waals surface area (Å²) in [5.41, 5.74) is 1.01. The van der Waals surface area contributed by atoms with Gasteiger partial charge in [-0.2, -0.15) is 0 Å². The Morgan fingerprint density at radius 2 is 1.76 bits per heavy atom. The van der Waals surface area contributed by atoms with Gasteiger partial charge in [0.05, 0.1) is 6.42 Å². The van der Waals surface area contributed by atoms with Crippen molar-refractivity contribution in [1.29, 1.82) is 0 Å². The molecule has 0 saturated carbocycles. The van der Waals surface area contributed by atoms with Crippen molar-refractivity contribution in [2.75, 3.05) is 13.1 Å². The van der Waals surface area contributed by atoms with Gasteiger partial charge in [-0.15, -0.1) is 0 Å². The Labute approximate surface area is 109 Å². The molecule has 1 aromatic carbocycles. The van der Waals surface area contributed by atoms with E-state index in [0.29, 0.717) is 32.4 Å². The van der Waals surface area contributed by atoms with Gasteiger partial charge >= 0.3 is 0 Å². The topological polar surface area (TPSA) is 37.4 Å². The number of nitrogens with zero attached hydrogens (tertiary/aromatic N) is 1. The van der Waals surface area contributed by atoms with Crippen molar-refractivity contribution in [3.63, 3.8) is 0 Å². The van der Waals surface area contributed by atoms with Gasteiger partial charge in [-0.1, -0.05) is 28.1 Å². The Morgan fingerprint density at radius 3 is 2.35 bits per heavy atom. The molecule has 0 N–H and O–H groups in total. The monoisotopic (exact) mass is 295 g/mol. The molecule has 1 fully saturated rings. The third-order valence-electron chi connectivity index (χ3n) is 2.94. The van der Waals surface area contributed by atoms with Crippen LogP contribution in [0.15, 0.2) is 28.7 Å². The molecule has 3 nitrogen and oxygen atoms in total. The van der Waals surface area contributed by atoms with Crippen molar-refractivity contribution in [3.05, 3.63) is 34.3 Å². The number of likely N-dealkylation sites (tertiary alicyclic amines) is 1. The van der Waals surface area contributed by atoms with Crippen molar-refractivity contribution in [2.24, 2.45) is 0 Å². The molecule has 1 saturated heterocycles. The van der Waals surface area contributed by atoms with E-state index in [1.807, 2.05) is 24.3 Å². The Bertz CT molecular complexity index is 418. The molecule has 1 aromatic rings. The van der Waals surface area contributed by atoms with Crippen LogP contribution in [-0.4, -0.2) is 29.7 Å². The highest BCUT2D eigenvalue weighted by atomic mass is 79.9. The van der Waals surface area contributed by atoms with Crippen molar-refractivity contribution in [3.8, 4) is 0 Å². The van der Waals surface area contributed by atoms with Crippen LogP contribution in [0.25, 0.3) is 0 Å². The summed E-state index contributed by atoms with van der Waals surface area (Å²) in [5, 5.41) is 0. The third kappa shape index (κ3) is 3.40. The molecule has 1 aliphatic heterocycles. The first-order valence-corrected chi connectivity index (χ1v) is 6.48. The van der Waals surface area contributed by atoms with Crippen LogP contribution in [0.3, 0.4) is 0 Å². The first kappa shape index (κ1) is 12.3. The van der Waals surface area contributed by atoms with E-state index >= 15 is 0 Å². The summed E-state index contributed by atoms with van der Waals surface area (Å²) in [6.07, 6.45) is 1.43. The summed E-state index contributed by atoms with van der Waals surface area (Å²) in [6, 6.07) is 7.75. The number of benzene rings is 1. The largest absolute Gasteiger partial charge is 0.342 e. The third-order valence-corrected chi connectivity index (χ3v) is 3.47. The van der Waals surface area contributed by atoms with Crippen LogP contribution in [0, 0.1) is 0 Å². The molecule has 90 valence electrons. The molecule has 1 heterocycles. The smallest absolute Gasteiger partial charge is 0.227 e. The zero-order valence-electron chi connectivity index (χ0n) is 9.49. The molecule has 0 spiro atoms. The average molecular weight is 296 g/mol. The second kappa shape index (κ2) is 5.45. The second-order valence-corrected chi connectivity index (χ2v) is 5.14. The minimum atomic E-state index is 0.111. The average Bonchev–Trinajstić information content (AvgIpc) is 2.33. The molecule has 0 bridgehead atoms. The molecule has 0 unspecified atom stereocenters. The molecule has 4 heteroatoms.